The summed E-state index contributed by atoms with van der Waals surface area (Å²) in [7, 11) is 0. The smallest absolute Gasteiger partial charge is 0.223 e. The van der Waals surface area contributed by atoms with Gasteiger partial charge in [0.05, 0.1) is 5.52 Å². The van der Waals surface area contributed by atoms with Gasteiger partial charge in [-0.2, -0.15) is 0 Å². The van der Waals surface area contributed by atoms with Gasteiger partial charge in [0, 0.05) is 18.1 Å². The molecule has 1 aromatic heterocycles. The Labute approximate surface area is 106 Å². The van der Waals surface area contributed by atoms with Crippen molar-refractivity contribution >= 4 is 16.9 Å². The first-order valence-corrected chi connectivity index (χ1v) is 5.91. The second kappa shape index (κ2) is 4.84. The Morgan fingerprint density at radius 2 is 1.67 bits per heavy atom. The predicted molar refractivity (Wildman–Crippen MR) is 73.3 cm³/mol. The molecular formula is C15H13N3. The number of rotatable bonds is 3. The fraction of sp³-hybridized carbons (Fsp3) is 0.0667. The van der Waals surface area contributed by atoms with Gasteiger partial charge in [0.15, 0.2) is 0 Å². The quantitative estimate of drug-likeness (QED) is 0.757. The van der Waals surface area contributed by atoms with Gasteiger partial charge < -0.3 is 5.32 Å². The number of aromatic nitrogens is 2. The molecule has 0 atom stereocenters. The minimum Gasteiger partial charge on any atom is -0.350 e. The summed E-state index contributed by atoms with van der Waals surface area (Å²) >= 11 is 0. The number of nitrogens with one attached hydrogen (secondary N) is 1. The Balaban J connectivity index is 1.79. The molecule has 0 aliphatic heterocycles. The monoisotopic (exact) mass is 235 g/mol. The van der Waals surface area contributed by atoms with Gasteiger partial charge in [0.25, 0.3) is 0 Å². The van der Waals surface area contributed by atoms with E-state index in [0.717, 1.165) is 17.4 Å². The Morgan fingerprint density at radius 3 is 2.56 bits per heavy atom. The van der Waals surface area contributed by atoms with Crippen molar-refractivity contribution in [3.63, 3.8) is 0 Å². The third-order valence-electron chi connectivity index (χ3n) is 2.78. The predicted octanol–water partition coefficient (Wildman–Crippen LogP) is 3.24. The maximum atomic E-state index is 4.47. The molecule has 0 spiro atoms. The summed E-state index contributed by atoms with van der Waals surface area (Å²) in [5, 5.41) is 4.29. The Bertz CT molecular complexity index is 650. The molecule has 0 aliphatic rings. The maximum absolute atomic E-state index is 4.47. The number of anilines is 1. The zero-order valence-corrected chi connectivity index (χ0v) is 9.88. The van der Waals surface area contributed by atoms with E-state index in [0.29, 0.717) is 5.95 Å². The molecule has 0 amide bonds. The fourth-order valence-corrected chi connectivity index (χ4v) is 1.83. The lowest BCUT2D eigenvalue weighted by molar-refractivity contribution is 1.07. The third-order valence-corrected chi connectivity index (χ3v) is 2.78. The van der Waals surface area contributed by atoms with Gasteiger partial charge in [0.2, 0.25) is 5.95 Å². The van der Waals surface area contributed by atoms with Crippen LogP contribution in [0.3, 0.4) is 0 Å². The molecule has 1 heterocycles. The molecule has 2 aromatic carbocycles. The average molecular weight is 235 g/mol. The fourth-order valence-electron chi connectivity index (χ4n) is 1.83. The summed E-state index contributed by atoms with van der Waals surface area (Å²) in [6, 6.07) is 18.2. The van der Waals surface area contributed by atoms with Gasteiger partial charge in [-0.3, -0.25) is 0 Å². The van der Waals surface area contributed by atoms with E-state index in [-0.39, 0.29) is 0 Å². The highest BCUT2D eigenvalue weighted by Crippen LogP contribution is 2.12. The first-order chi connectivity index (χ1) is 8.92. The van der Waals surface area contributed by atoms with Gasteiger partial charge in [-0.1, -0.05) is 48.5 Å². The minimum atomic E-state index is 0.664. The Kier molecular flexibility index (Phi) is 2.88. The zero-order valence-electron chi connectivity index (χ0n) is 9.88. The van der Waals surface area contributed by atoms with Crippen LogP contribution >= 0.6 is 0 Å². The van der Waals surface area contributed by atoms with Crippen LogP contribution in [0.5, 0.6) is 0 Å². The van der Waals surface area contributed by atoms with Crippen molar-refractivity contribution in [3.8, 4) is 0 Å². The van der Waals surface area contributed by atoms with Crippen molar-refractivity contribution < 1.29 is 0 Å². The van der Waals surface area contributed by atoms with Crippen LogP contribution in [0.4, 0.5) is 5.95 Å². The van der Waals surface area contributed by atoms with E-state index in [1.165, 1.54) is 5.56 Å². The number of hydrogen-bond donors (Lipinski definition) is 1. The average Bonchev–Trinajstić information content (AvgIpc) is 2.46. The van der Waals surface area contributed by atoms with Gasteiger partial charge in [-0.15, -0.1) is 0 Å². The van der Waals surface area contributed by atoms with Gasteiger partial charge >= 0.3 is 0 Å². The standard InChI is InChI=1S/C15H13N3/c1-2-6-12(7-3-1)10-16-15-17-11-13-8-4-5-9-14(13)18-15/h1-9,11H,10H2,(H,16,17,18). The Hall–Kier alpha value is -2.42. The molecular weight excluding hydrogens is 222 g/mol. The first kappa shape index (κ1) is 10.7. The maximum Gasteiger partial charge on any atom is 0.223 e. The summed E-state index contributed by atoms with van der Waals surface area (Å²) < 4.78 is 0. The summed E-state index contributed by atoms with van der Waals surface area (Å²) in [4.78, 5) is 8.77. The second-order valence-corrected chi connectivity index (χ2v) is 4.09. The van der Waals surface area contributed by atoms with E-state index < -0.39 is 0 Å². The molecule has 18 heavy (non-hydrogen) atoms. The van der Waals surface area contributed by atoms with E-state index in [1.807, 2.05) is 48.7 Å². The highest BCUT2D eigenvalue weighted by molar-refractivity contribution is 5.78. The lowest BCUT2D eigenvalue weighted by Crippen LogP contribution is -2.03. The molecule has 3 aromatic rings. The number of nitrogens with zero attached hydrogens (tertiary/aromatic N) is 2. The van der Waals surface area contributed by atoms with Crippen LogP contribution in [0.25, 0.3) is 10.9 Å². The van der Waals surface area contributed by atoms with Crippen LogP contribution in [-0.4, -0.2) is 9.97 Å². The lowest BCUT2D eigenvalue weighted by atomic mass is 10.2. The zero-order chi connectivity index (χ0) is 12.2. The highest BCUT2D eigenvalue weighted by Gasteiger charge is 1.98. The van der Waals surface area contributed by atoms with Crippen molar-refractivity contribution in [1.29, 1.82) is 0 Å². The van der Waals surface area contributed by atoms with Crippen molar-refractivity contribution in [2.24, 2.45) is 0 Å². The largest absolute Gasteiger partial charge is 0.350 e. The topological polar surface area (TPSA) is 37.8 Å². The third kappa shape index (κ3) is 2.30. The van der Waals surface area contributed by atoms with Crippen molar-refractivity contribution in [3.05, 3.63) is 66.4 Å². The van der Waals surface area contributed by atoms with E-state index in [9.17, 15) is 0 Å². The number of para-hydroxylation sites is 1. The molecule has 3 rings (SSSR count). The number of fused-ring (bicyclic) bond motifs is 1. The van der Waals surface area contributed by atoms with Crippen LogP contribution in [0, 0.1) is 0 Å². The van der Waals surface area contributed by atoms with Gasteiger partial charge in [-0.05, 0) is 11.6 Å². The van der Waals surface area contributed by atoms with Crippen LogP contribution in [-0.2, 0) is 6.54 Å². The van der Waals surface area contributed by atoms with Crippen LogP contribution < -0.4 is 5.32 Å². The first-order valence-electron chi connectivity index (χ1n) is 5.91. The molecule has 0 radical (unpaired) electrons. The second-order valence-electron chi connectivity index (χ2n) is 4.09. The lowest BCUT2D eigenvalue weighted by Gasteiger charge is -2.05. The molecule has 0 bridgehead atoms. The minimum absolute atomic E-state index is 0.664. The molecule has 3 heteroatoms. The van der Waals surface area contributed by atoms with E-state index in [4.69, 9.17) is 0 Å². The number of benzene rings is 2. The summed E-state index contributed by atoms with van der Waals surface area (Å²) in [5.74, 6) is 0.664. The molecule has 0 fully saturated rings. The van der Waals surface area contributed by atoms with E-state index in [1.54, 1.807) is 0 Å². The summed E-state index contributed by atoms with van der Waals surface area (Å²) in [6.07, 6.45) is 1.84. The number of hydrogen-bond acceptors (Lipinski definition) is 3. The Morgan fingerprint density at radius 1 is 0.889 bits per heavy atom. The molecule has 0 aliphatic carbocycles. The van der Waals surface area contributed by atoms with Crippen LogP contribution in [0.15, 0.2) is 60.8 Å². The van der Waals surface area contributed by atoms with Gasteiger partial charge in [-0.25, -0.2) is 9.97 Å². The van der Waals surface area contributed by atoms with Crippen LogP contribution in [0.1, 0.15) is 5.56 Å². The molecule has 88 valence electrons. The van der Waals surface area contributed by atoms with E-state index >= 15 is 0 Å². The van der Waals surface area contributed by atoms with Crippen molar-refractivity contribution in [2.45, 2.75) is 6.54 Å². The summed E-state index contributed by atoms with van der Waals surface area (Å²) in [6.45, 7) is 0.735. The normalized spacial score (nSPS) is 10.4. The van der Waals surface area contributed by atoms with Crippen LogP contribution in [0.2, 0.25) is 0 Å². The molecule has 0 unspecified atom stereocenters. The molecule has 0 saturated heterocycles. The van der Waals surface area contributed by atoms with Crippen molar-refractivity contribution in [1.82, 2.24) is 9.97 Å². The molecule has 0 saturated carbocycles. The summed E-state index contributed by atoms with van der Waals surface area (Å²) in [5.41, 5.74) is 2.18. The van der Waals surface area contributed by atoms with Gasteiger partial charge in [0.1, 0.15) is 0 Å². The molecule has 3 nitrogen and oxygen atoms in total. The van der Waals surface area contributed by atoms with Crippen molar-refractivity contribution in [2.75, 3.05) is 5.32 Å². The molecule has 1 N–H and O–H groups in total. The SMILES string of the molecule is c1ccc(CNc2ncc3ccccc3n2)cc1. The highest BCUT2D eigenvalue weighted by atomic mass is 15.1. The van der Waals surface area contributed by atoms with E-state index in [2.05, 4.69) is 27.4 Å².